The van der Waals surface area contributed by atoms with Gasteiger partial charge in [0.15, 0.2) is 0 Å². The lowest BCUT2D eigenvalue weighted by Crippen LogP contribution is -2.40. The predicted molar refractivity (Wildman–Crippen MR) is 83.7 cm³/mol. The highest BCUT2D eigenvalue weighted by Crippen LogP contribution is 2.42. The van der Waals surface area contributed by atoms with E-state index in [0.717, 1.165) is 13.1 Å². The second-order valence-electron chi connectivity index (χ2n) is 4.82. The van der Waals surface area contributed by atoms with Crippen LogP contribution in [0.25, 0.3) is 0 Å². The van der Waals surface area contributed by atoms with Crippen LogP contribution in [0, 0.1) is 0 Å². The summed E-state index contributed by atoms with van der Waals surface area (Å²) < 4.78 is 5.73. The summed E-state index contributed by atoms with van der Waals surface area (Å²) in [5.41, 5.74) is 0. The SMILES string of the molecule is CCNc1nc(NCC2(SC)CCC2)nc(OCC)n1. The lowest BCUT2D eigenvalue weighted by molar-refractivity contribution is 0.312. The molecule has 20 heavy (non-hydrogen) atoms. The molecular weight excluding hydrogens is 274 g/mol. The molecule has 1 aliphatic carbocycles. The Balaban J connectivity index is 2.05. The van der Waals surface area contributed by atoms with Crippen LogP contribution in [-0.2, 0) is 0 Å². The molecular formula is C13H23N5OS. The topological polar surface area (TPSA) is 72.0 Å². The van der Waals surface area contributed by atoms with Crippen LogP contribution in [0.3, 0.4) is 0 Å². The van der Waals surface area contributed by atoms with Crippen molar-refractivity contribution in [1.82, 2.24) is 15.0 Å². The number of ether oxygens (including phenoxy) is 1. The first-order valence-corrected chi connectivity index (χ1v) is 8.35. The molecule has 2 N–H and O–H groups in total. The molecule has 112 valence electrons. The number of rotatable bonds is 8. The summed E-state index contributed by atoms with van der Waals surface area (Å²) in [6.07, 6.45) is 5.99. The van der Waals surface area contributed by atoms with Crippen LogP contribution in [0.1, 0.15) is 33.1 Å². The molecule has 0 unspecified atom stereocenters. The van der Waals surface area contributed by atoms with Crippen molar-refractivity contribution in [2.45, 2.75) is 37.9 Å². The van der Waals surface area contributed by atoms with E-state index in [4.69, 9.17) is 4.74 Å². The van der Waals surface area contributed by atoms with Crippen molar-refractivity contribution in [2.24, 2.45) is 0 Å². The van der Waals surface area contributed by atoms with Gasteiger partial charge in [0, 0.05) is 17.8 Å². The van der Waals surface area contributed by atoms with E-state index >= 15 is 0 Å². The fraction of sp³-hybridized carbons (Fsp3) is 0.769. The Labute approximate surface area is 124 Å². The first-order chi connectivity index (χ1) is 9.71. The maximum absolute atomic E-state index is 5.38. The number of anilines is 2. The van der Waals surface area contributed by atoms with Gasteiger partial charge in [0.1, 0.15) is 0 Å². The van der Waals surface area contributed by atoms with E-state index in [1.54, 1.807) is 0 Å². The molecule has 0 amide bonds. The Bertz CT molecular complexity index is 409. The number of aromatic nitrogens is 3. The Kier molecular flexibility index (Phi) is 5.28. The van der Waals surface area contributed by atoms with Crippen LogP contribution in [-0.4, -0.2) is 45.7 Å². The summed E-state index contributed by atoms with van der Waals surface area (Å²) in [5, 5.41) is 6.43. The van der Waals surface area contributed by atoms with Gasteiger partial charge in [-0.15, -0.1) is 0 Å². The van der Waals surface area contributed by atoms with Crippen molar-refractivity contribution < 1.29 is 4.74 Å². The summed E-state index contributed by atoms with van der Waals surface area (Å²) in [6, 6.07) is 0.368. The van der Waals surface area contributed by atoms with E-state index in [1.807, 2.05) is 25.6 Å². The number of nitrogens with one attached hydrogen (secondary N) is 2. The standard InChI is InChI=1S/C13H23N5OS/c1-4-14-10-16-11(18-12(17-10)19-5-2)15-9-13(20-3)7-6-8-13/h4-9H2,1-3H3,(H2,14,15,16,17,18). The smallest absolute Gasteiger partial charge is 0.323 e. The molecule has 0 spiro atoms. The first-order valence-electron chi connectivity index (χ1n) is 7.13. The van der Waals surface area contributed by atoms with E-state index in [-0.39, 0.29) is 0 Å². The van der Waals surface area contributed by atoms with Gasteiger partial charge in [-0.05, 0) is 32.9 Å². The largest absolute Gasteiger partial charge is 0.464 e. The maximum Gasteiger partial charge on any atom is 0.323 e. The highest BCUT2D eigenvalue weighted by atomic mass is 32.2. The van der Waals surface area contributed by atoms with Gasteiger partial charge >= 0.3 is 6.01 Å². The predicted octanol–water partition coefficient (Wildman–Crippen LogP) is 2.40. The Morgan fingerprint density at radius 3 is 2.35 bits per heavy atom. The highest BCUT2D eigenvalue weighted by Gasteiger charge is 2.36. The van der Waals surface area contributed by atoms with Gasteiger partial charge in [-0.2, -0.15) is 26.7 Å². The molecule has 0 bridgehead atoms. The third kappa shape index (κ3) is 3.65. The molecule has 1 aromatic heterocycles. The molecule has 0 saturated heterocycles. The average molecular weight is 297 g/mol. The molecule has 0 radical (unpaired) electrons. The number of nitrogens with zero attached hydrogens (tertiary/aromatic N) is 3. The average Bonchev–Trinajstić information content (AvgIpc) is 2.38. The first kappa shape index (κ1) is 15.2. The van der Waals surface area contributed by atoms with Gasteiger partial charge in [-0.25, -0.2) is 0 Å². The fourth-order valence-electron chi connectivity index (χ4n) is 2.13. The van der Waals surface area contributed by atoms with E-state index < -0.39 is 0 Å². The van der Waals surface area contributed by atoms with Crippen molar-refractivity contribution >= 4 is 23.7 Å². The second-order valence-corrected chi connectivity index (χ2v) is 6.10. The van der Waals surface area contributed by atoms with Gasteiger partial charge < -0.3 is 15.4 Å². The van der Waals surface area contributed by atoms with Crippen LogP contribution in [0.4, 0.5) is 11.9 Å². The lowest BCUT2D eigenvalue weighted by Gasteiger charge is -2.40. The van der Waals surface area contributed by atoms with Gasteiger partial charge in [0.2, 0.25) is 11.9 Å². The molecule has 2 rings (SSSR count). The Hall–Kier alpha value is -1.24. The summed E-state index contributed by atoms with van der Waals surface area (Å²) >= 11 is 1.93. The molecule has 1 heterocycles. The van der Waals surface area contributed by atoms with Gasteiger partial charge in [0.25, 0.3) is 0 Å². The fourth-order valence-corrected chi connectivity index (χ4v) is 3.04. The van der Waals surface area contributed by atoms with Crippen LogP contribution < -0.4 is 15.4 Å². The van der Waals surface area contributed by atoms with Crippen LogP contribution in [0.2, 0.25) is 0 Å². The number of hydrogen-bond donors (Lipinski definition) is 2. The van der Waals surface area contributed by atoms with Gasteiger partial charge in [0.05, 0.1) is 6.61 Å². The monoisotopic (exact) mass is 297 g/mol. The summed E-state index contributed by atoms with van der Waals surface area (Å²) in [7, 11) is 0. The third-order valence-corrected chi connectivity index (χ3v) is 4.91. The molecule has 1 fully saturated rings. The van der Waals surface area contributed by atoms with Crippen LogP contribution >= 0.6 is 11.8 Å². The van der Waals surface area contributed by atoms with Crippen LogP contribution in [0.15, 0.2) is 0 Å². The van der Waals surface area contributed by atoms with Gasteiger partial charge in [-0.3, -0.25) is 0 Å². The minimum atomic E-state index is 0.344. The number of hydrogen-bond acceptors (Lipinski definition) is 7. The van der Waals surface area contributed by atoms with Gasteiger partial charge in [-0.1, -0.05) is 6.42 Å². The van der Waals surface area contributed by atoms with Crippen molar-refractivity contribution in [2.75, 3.05) is 36.6 Å². The minimum absolute atomic E-state index is 0.344. The summed E-state index contributed by atoms with van der Waals surface area (Å²) in [4.78, 5) is 12.9. The summed E-state index contributed by atoms with van der Waals surface area (Å²) in [6.45, 7) is 6.12. The zero-order valence-electron chi connectivity index (χ0n) is 12.4. The van der Waals surface area contributed by atoms with Crippen molar-refractivity contribution in [3.8, 4) is 6.01 Å². The quantitative estimate of drug-likeness (QED) is 0.763. The molecule has 1 saturated carbocycles. The number of thioether (sulfide) groups is 1. The molecule has 1 aromatic rings. The Morgan fingerprint density at radius 1 is 1.15 bits per heavy atom. The van der Waals surface area contributed by atoms with Crippen molar-refractivity contribution in [3.05, 3.63) is 0 Å². The summed E-state index contributed by atoms with van der Waals surface area (Å²) in [5.74, 6) is 1.14. The maximum atomic E-state index is 5.38. The molecule has 0 atom stereocenters. The normalized spacial score (nSPS) is 16.4. The van der Waals surface area contributed by atoms with Crippen molar-refractivity contribution in [3.63, 3.8) is 0 Å². The zero-order chi connectivity index (χ0) is 14.4. The highest BCUT2D eigenvalue weighted by molar-refractivity contribution is 8.00. The van der Waals surface area contributed by atoms with E-state index in [0.29, 0.717) is 29.3 Å². The Morgan fingerprint density at radius 2 is 1.85 bits per heavy atom. The molecule has 0 aliphatic heterocycles. The lowest BCUT2D eigenvalue weighted by atomic mass is 9.84. The third-order valence-electron chi connectivity index (χ3n) is 3.49. The van der Waals surface area contributed by atoms with E-state index in [2.05, 4.69) is 31.8 Å². The molecule has 0 aromatic carbocycles. The van der Waals surface area contributed by atoms with E-state index in [1.165, 1.54) is 19.3 Å². The van der Waals surface area contributed by atoms with Crippen molar-refractivity contribution in [1.29, 1.82) is 0 Å². The molecule has 1 aliphatic rings. The second kappa shape index (κ2) is 6.97. The van der Waals surface area contributed by atoms with E-state index in [9.17, 15) is 0 Å². The van der Waals surface area contributed by atoms with Crippen LogP contribution in [0.5, 0.6) is 6.01 Å². The zero-order valence-corrected chi connectivity index (χ0v) is 13.2. The minimum Gasteiger partial charge on any atom is -0.464 e. The molecule has 7 heteroatoms. The molecule has 6 nitrogen and oxygen atoms in total.